The summed E-state index contributed by atoms with van der Waals surface area (Å²) in [7, 11) is 0. The van der Waals surface area contributed by atoms with Gasteiger partial charge in [-0.25, -0.2) is 0 Å². The zero-order valence-electron chi connectivity index (χ0n) is 11.5. The van der Waals surface area contributed by atoms with Crippen LogP contribution in [0.2, 0.25) is 0 Å². The third-order valence-electron chi connectivity index (χ3n) is 4.38. The van der Waals surface area contributed by atoms with Crippen molar-refractivity contribution >= 4 is 11.7 Å². The van der Waals surface area contributed by atoms with Gasteiger partial charge < -0.3 is 4.90 Å². The number of rotatable bonds is 4. The smallest absolute Gasteiger partial charge is 0.226 e. The molecule has 1 aliphatic carbocycles. The van der Waals surface area contributed by atoms with Crippen molar-refractivity contribution in [1.82, 2.24) is 4.90 Å². The fourth-order valence-corrected chi connectivity index (χ4v) is 3.34. The van der Waals surface area contributed by atoms with Gasteiger partial charge in [0.2, 0.25) is 5.91 Å². The molecule has 18 heavy (non-hydrogen) atoms. The van der Waals surface area contributed by atoms with Crippen LogP contribution in [0.15, 0.2) is 0 Å². The van der Waals surface area contributed by atoms with Crippen molar-refractivity contribution in [3.05, 3.63) is 0 Å². The van der Waals surface area contributed by atoms with E-state index in [1.165, 1.54) is 12.8 Å². The predicted octanol–water partition coefficient (Wildman–Crippen LogP) is 2.93. The maximum atomic E-state index is 12.5. The topological polar surface area (TPSA) is 37.4 Å². The fraction of sp³-hybridized carbons (Fsp3) is 0.867. The number of hydrogen-bond acceptors (Lipinski definition) is 2. The number of ketones is 1. The molecule has 0 N–H and O–H groups in total. The van der Waals surface area contributed by atoms with Crippen LogP contribution < -0.4 is 0 Å². The second-order valence-corrected chi connectivity index (χ2v) is 5.80. The molecule has 102 valence electrons. The highest BCUT2D eigenvalue weighted by Gasteiger charge is 2.34. The van der Waals surface area contributed by atoms with E-state index in [0.29, 0.717) is 18.9 Å². The average Bonchev–Trinajstić information content (AvgIpc) is 2.83. The van der Waals surface area contributed by atoms with Crippen LogP contribution in [0, 0.1) is 5.92 Å². The number of Topliss-reactive ketones (excluding diaryl/α,β-unsaturated/α-hetero) is 1. The van der Waals surface area contributed by atoms with Crippen molar-refractivity contribution in [2.75, 3.05) is 6.54 Å². The summed E-state index contributed by atoms with van der Waals surface area (Å²) in [6.07, 6.45) is 8.84. The molecule has 2 aliphatic rings. The fourth-order valence-electron chi connectivity index (χ4n) is 3.34. The molecule has 0 radical (unpaired) electrons. The molecule has 2 rings (SSSR count). The first kappa shape index (κ1) is 13.6. The molecule has 0 aromatic carbocycles. The minimum Gasteiger partial charge on any atom is -0.339 e. The highest BCUT2D eigenvalue weighted by Crippen LogP contribution is 2.29. The molecule has 2 fully saturated rings. The molecule has 3 nitrogen and oxygen atoms in total. The van der Waals surface area contributed by atoms with Gasteiger partial charge in [0.15, 0.2) is 0 Å². The summed E-state index contributed by atoms with van der Waals surface area (Å²) in [4.78, 5) is 26.1. The van der Waals surface area contributed by atoms with Gasteiger partial charge >= 0.3 is 0 Å². The van der Waals surface area contributed by atoms with Gasteiger partial charge in [-0.1, -0.05) is 19.8 Å². The van der Waals surface area contributed by atoms with Crippen molar-refractivity contribution in [3.8, 4) is 0 Å². The molecule has 0 spiro atoms. The number of likely N-dealkylation sites (tertiary alicyclic amines) is 1. The van der Waals surface area contributed by atoms with Crippen molar-refractivity contribution in [2.45, 2.75) is 70.8 Å². The zero-order valence-corrected chi connectivity index (χ0v) is 11.5. The van der Waals surface area contributed by atoms with Crippen molar-refractivity contribution < 1.29 is 9.59 Å². The van der Waals surface area contributed by atoms with E-state index in [1.54, 1.807) is 0 Å². The Morgan fingerprint density at radius 3 is 2.89 bits per heavy atom. The zero-order chi connectivity index (χ0) is 13.0. The third kappa shape index (κ3) is 3.12. The van der Waals surface area contributed by atoms with Crippen LogP contribution in [0.5, 0.6) is 0 Å². The SMILES string of the molecule is CCCCC1CCCN1C(=O)C1CCCC(=O)C1. The molecule has 2 unspecified atom stereocenters. The Morgan fingerprint density at radius 1 is 1.33 bits per heavy atom. The predicted molar refractivity (Wildman–Crippen MR) is 71.2 cm³/mol. The molecule has 3 heteroatoms. The van der Waals surface area contributed by atoms with Gasteiger partial charge in [0.1, 0.15) is 5.78 Å². The van der Waals surface area contributed by atoms with Crippen LogP contribution in [0.3, 0.4) is 0 Å². The summed E-state index contributed by atoms with van der Waals surface area (Å²) in [5.41, 5.74) is 0. The Labute approximate surface area is 110 Å². The Kier molecular flexibility index (Phi) is 4.79. The van der Waals surface area contributed by atoms with Crippen molar-refractivity contribution in [3.63, 3.8) is 0 Å². The number of carbonyl (C=O) groups is 2. The van der Waals surface area contributed by atoms with Crippen LogP contribution in [-0.4, -0.2) is 29.2 Å². The summed E-state index contributed by atoms with van der Waals surface area (Å²) in [5, 5.41) is 0. The Morgan fingerprint density at radius 2 is 2.17 bits per heavy atom. The molecule has 1 saturated carbocycles. The number of hydrogen-bond donors (Lipinski definition) is 0. The number of unbranched alkanes of at least 4 members (excludes halogenated alkanes) is 1. The van der Waals surface area contributed by atoms with Crippen LogP contribution in [0.4, 0.5) is 0 Å². The minimum atomic E-state index is -0.00604. The second kappa shape index (κ2) is 6.35. The Hall–Kier alpha value is -0.860. The maximum Gasteiger partial charge on any atom is 0.226 e. The lowest BCUT2D eigenvalue weighted by molar-refractivity contribution is -0.140. The van der Waals surface area contributed by atoms with Crippen molar-refractivity contribution in [1.29, 1.82) is 0 Å². The molecule has 2 atom stereocenters. The monoisotopic (exact) mass is 251 g/mol. The van der Waals surface area contributed by atoms with E-state index in [4.69, 9.17) is 0 Å². The molecule has 1 heterocycles. The minimum absolute atomic E-state index is 0.00604. The summed E-state index contributed by atoms with van der Waals surface area (Å²) in [6, 6.07) is 0.453. The van der Waals surface area contributed by atoms with Crippen molar-refractivity contribution in [2.24, 2.45) is 5.92 Å². The number of carbonyl (C=O) groups excluding carboxylic acids is 2. The lowest BCUT2D eigenvalue weighted by atomic mass is 9.87. The lowest BCUT2D eigenvalue weighted by Gasteiger charge is -2.30. The van der Waals surface area contributed by atoms with Gasteiger partial charge in [-0.2, -0.15) is 0 Å². The first-order valence-corrected chi connectivity index (χ1v) is 7.54. The Bertz CT molecular complexity index is 314. The van der Waals surface area contributed by atoms with E-state index in [-0.39, 0.29) is 17.6 Å². The van der Waals surface area contributed by atoms with Crippen LogP contribution in [0.25, 0.3) is 0 Å². The summed E-state index contributed by atoms with van der Waals surface area (Å²) in [6.45, 7) is 3.11. The van der Waals surface area contributed by atoms with Gasteiger partial charge in [-0.3, -0.25) is 9.59 Å². The molecular weight excluding hydrogens is 226 g/mol. The summed E-state index contributed by atoms with van der Waals surface area (Å²) < 4.78 is 0. The summed E-state index contributed by atoms with van der Waals surface area (Å²) in [5.74, 6) is 0.541. The van der Waals surface area contributed by atoms with Crippen LogP contribution >= 0.6 is 0 Å². The van der Waals surface area contributed by atoms with E-state index in [2.05, 4.69) is 11.8 Å². The highest BCUT2D eigenvalue weighted by atomic mass is 16.2. The van der Waals surface area contributed by atoms with E-state index in [1.807, 2.05) is 0 Å². The molecule has 0 bridgehead atoms. The molecule has 0 aromatic heterocycles. The van der Waals surface area contributed by atoms with E-state index >= 15 is 0 Å². The quantitative estimate of drug-likeness (QED) is 0.770. The molecule has 1 aliphatic heterocycles. The van der Waals surface area contributed by atoms with Gasteiger partial charge in [-0.15, -0.1) is 0 Å². The largest absolute Gasteiger partial charge is 0.339 e. The normalized spacial score (nSPS) is 28.7. The Balaban J connectivity index is 1.92. The molecule has 0 aromatic rings. The third-order valence-corrected chi connectivity index (χ3v) is 4.38. The summed E-state index contributed by atoms with van der Waals surface area (Å²) >= 11 is 0. The van der Waals surface area contributed by atoms with Crippen LogP contribution in [0.1, 0.15) is 64.7 Å². The number of amides is 1. The van der Waals surface area contributed by atoms with Gasteiger partial charge in [0.25, 0.3) is 0 Å². The first-order valence-electron chi connectivity index (χ1n) is 7.54. The van der Waals surface area contributed by atoms with Gasteiger partial charge in [0, 0.05) is 31.3 Å². The molecule has 1 amide bonds. The highest BCUT2D eigenvalue weighted by molar-refractivity contribution is 5.88. The first-order chi connectivity index (χ1) is 8.72. The lowest BCUT2D eigenvalue weighted by Crippen LogP contribution is -2.41. The van der Waals surface area contributed by atoms with Crippen LogP contribution in [-0.2, 0) is 9.59 Å². The van der Waals surface area contributed by atoms with E-state index in [0.717, 1.165) is 38.6 Å². The number of nitrogens with zero attached hydrogens (tertiary/aromatic N) is 1. The standard InChI is InChI=1S/C15H25NO2/c1-2-3-7-13-8-5-10-16(13)15(18)12-6-4-9-14(17)11-12/h12-13H,2-11H2,1H3. The maximum absolute atomic E-state index is 12.5. The van der Waals surface area contributed by atoms with Gasteiger partial charge in [0.05, 0.1) is 0 Å². The molecular formula is C15H25NO2. The molecule has 1 saturated heterocycles. The van der Waals surface area contributed by atoms with Gasteiger partial charge in [-0.05, 0) is 32.1 Å². The van der Waals surface area contributed by atoms with E-state index in [9.17, 15) is 9.59 Å². The average molecular weight is 251 g/mol. The second-order valence-electron chi connectivity index (χ2n) is 5.80. The van der Waals surface area contributed by atoms with E-state index < -0.39 is 0 Å².